The van der Waals surface area contributed by atoms with Crippen molar-refractivity contribution >= 4 is 23.3 Å². The molecule has 1 saturated carbocycles. The van der Waals surface area contributed by atoms with Crippen molar-refractivity contribution in [3.63, 3.8) is 0 Å². The molecule has 2 aromatic rings. The minimum absolute atomic E-state index is 0.180. The molecule has 0 unspecified atom stereocenters. The molecule has 5 nitrogen and oxygen atoms in total. The molecule has 6 heteroatoms. The molecular weight excluding hydrogens is 450 g/mol. The molecule has 1 aliphatic heterocycles. The van der Waals surface area contributed by atoms with Gasteiger partial charge < -0.3 is 19.8 Å². The number of ether oxygens (including phenoxy) is 1. The second-order valence-corrected chi connectivity index (χ2v) is 10.7. The van der Waals surface area contributed by atoms with Gasteiger partial charge in [0.15, 0.2) is 0 Å². The number of nitrogens with zero attached hydrogens (tertiary/aromatic N) is 1. The summed E-state index contributed by atoms with van der Waals surface area (Å²) >= 11 is 6.32. The molecule has 0 amide bonds. The third kappa shape index (κ3) is 4.32. The predicted molar refractivity (Wildman–Crippen MR) is 134 cm³/mol. The summed E-state index contributed by atoms with van der Waals surface area (Å²) in [6.07, 6.45) is 7.17. The van der Waals surface area contributed by atoms with E-state index in [1.165, 1.54) is 11.1 Å². The Bertz CT molecular complexity index is 1100. The van der Waals surface area contributed by atoms with Gasteiger partial charge in [0.1, 0.15) is 5.75 Å². The van der Waals surface area contributed by atoms with E-state index < -0.39 is 12.1 Å². The number of aryl methyl sites for hydroxylation is 1. The van der Waals surface area contributed by atoms with E-state index in [1.54, 1.807) is 24.3 Å². The molecule has 34 heavy (non-hydrogen) atoms. The zero-order valence-corrected chi connectivity index (χ0v) is 20.1. The number of aliphatic hydroxyl groups is 1. The van der Waals surface area contributed by atoms with E-state index in [0.717, 1.165) is 68.1 Å². The summed E-state index contributed by atoms with van der Waals surface area (Å²) in [6.45, 7) is 5.87. The molecule has 2 N–H and O–H groups in total. The zero-order valence-electron chi connectivity index (χ0n) is 19.4. The number of carbonyl (C=O) groups is 1. The average molecular weight is 482 g/mol. The first-order valence-corrected chi connectivity index (χ1v) is 12.6. The summed E-state index contributed by atoms with van der Waals surface area (Å²) < 4.78 is 6.42. The number of aromatic carboxylic acids is 1. The Hall–Kier alpha value is -2.50. The van der Waals surface area contributed by atoms with Crippen molar-refractivity contribution in [2.24, 2.45) is 11.8 Å². The van der Waals surface area contributed by atoms with Crippen molar-refractivity contribution in [3.8, 4) is 5.75 Å². The van der Waals surface area contributed by atoms with Gasteiger partial charge in [-0.3, -0.25) is 0 Å². The van der Waals surface area contributed by atoms with E-state index in [9.17, 15) is 15.0 Å². The van der Waals surface area contributed by atoms with Crippen LogP contribution in [0, 0.1) is 11.8 Å². The van der Waals surface area contributed by atoms with Crippen LogP contribution >= 0.6 is 11.6 Å². The van der Waals surface area contributed by atoms with Gasteiger partial charge in [0.25, 0.3) is 0 Å². The van der Waals surface area contributed by atoms with Gasteiger partial charge in [-0.1, -0.05) is 23.7 Å². The lowest BCUT2D eigenvalue weighted by molar-refractivity contribution is 0.0696. The number of halogens is 1. The van der Waals surface area contributed by atoms with Crippen LogP contribution in [0.25, 0.3) is 0 Å². The zero-order chi connectivity index (χ0) is 23.9. The molecule has 5 rings (SSSR count). The first-order valence-electron chi connectivity index (χ1n) is 12.2. The minimum Gasteiger partial charge on any atom is -0.490 e. The van der Waals surface area contributed by atoms with E-state index in [2.05, 4.69) is 23.6 Å². The largest absolute Gasteiger partial charge is 0.490 e. The quantitative estimate of drug-likeness (QED) is 0.535. The van der Waals surface area contributed by atoms with E-state index in [-0.39, 0.29) is 11.0 Å². The van der Waals surface area contributed by atoms with Gasteiger partial charge in [0.2, 0.25) is 0 Å². The van der Waals surface area contributed by atoms with Crippen LogP contribution in [-0.2, 0) is 11.8 Å². The fourth-order valence-electron chi connectivity index (χ4n) is 6.13. The van der Waals surface area contributed by atoms with Crippen molar-refractivity contribution in [2.75, 3.05) is 24.6 Å². The number of hydrogen-bond acceptors (Lipinski definition) is 4. The molecule has 1 spiro atoms. The van der Waals surface area contributed by atoms with E-state index in [0.29, 0.717) is 18.4 Å². The van der Waals surface area contributed by atoms with Gasteiger partial charge in [-0.2, -0.15) is 0 Å². The Labute approximate surface area is 206 Å². The number of rotatable bonds is 6. The van der Waals surface area contributed by atoms with Crippen molar-refractivity contribution in [2.45, 2.75) is 50.0 Å². The van der Waals surface area contributed by atoms with Gasteiger partial charge in [0.05, 0.1) is 24.0 Å². The maximum atomic E-state index is 11.8. The highest BCUT2D eigenvalue weighted by molar-refractivity contribution is 6.30. The number of fused-ring (bicyclic) bond motifs is 3. The molecule has 0 saturated heterocycles. The van der Waals surface area contributed by atoms with E-state index in [1.807, 2.05) is 6.07 Å². The molecule has 1 heterocycles. The van der Waals surface area contributed by atoms with Gasteiger partial charge in [-0.05, 0) is 91.8 Å². The second kappa shape index (κ2) is 9.27. The Morgan fingerprint density at radius 3 is 2.82 bits per heavy atom. The summed E-state index contributed by atoms with van der Waals surface area (Å²) in [5.74, 6) is 0.691. The van der Waals surface area contributed by atoms with Crippen LogP contribution in [0.3, 0.4) is 0 Å². The summed E-state index contributed by atoms with van der Waals surface area (Å²) in [4.78, 5) is 14.1. The highest BCUT2D eigenvalue weighted by atomic mass is 35.5. The van der Waals surface area contributed by atoms with Crippen LogP contribution in [-0.4, -0.2) is 42.0 Å². The monoisotopic (exact) mass is 481 g/mol. The molecule has 180 valence electrons. The third-order valence-electron chi connectivity index (χ3n) is 8.13. The lowest BCUT2D eigenvalue weighted by Crippen LogP contribution is -2.48. The average Bonchev–Trinajstić information content (AvgIpc) is 2.97. The van der Waals surface area contributed by atoms with Gasteiger partial charge >= 0.3 is 5.97 Å². The van der Waals surface area contributed by atoms with Crippen molar-refractivity contribution in [1.82, 2.24) is 0 Å². The maximum Gasteiger partial charge on any atom is 0.335 e. The van der Waals surface area contributed by atoms with Crippen LogP contribution in [0.2, 0.25) is 5.02 Å². The highest BCUT2D eigenvalue weighted by Gasteiger charge is 2.43. The molecular formula is C28H32ClNO4. The number of carboxylic acid groups (broad SMARTS) is 1. The van der Waals surface area contributed by atoms with E-state index >= 15 is 0 Å². The summed E-state index contributed by atoms with van der Waals surface area (Å²) in [5.41, 5.74) is 3.53. The van der Waals surface area contributed by atoms with Crippen LogP contribution in [0.5, 0.6) is 5.75 Å². The van der Waals surface area contributed by atoms with Crippen molar-refractivity contribution < 1.29 is 19.7 Å². The standard InChI is InChI=1S/C28H32ClNO4/c1-2-23(31)13-18-5-6-21(18)15-30-16-28(11-3-4-19-12-22(29)8-9-24(19)28)17-34-26-10-7-20(27(32)33)14-25(26)30/h2,7-10,12,14,18,21,23,31H,1,3-6,11,13,15-17H2,(H,32,33)/t18-,21-,23-,28-/m0/s1. The van der Waals surface area contributed by atoms with Gasteiger partial charge in [-0.15, -0.1) is 6.58 Å². The maximum absolute atomic E-state index is 11.8. The van der Waals surface area contributed by atoms with Crippen LogP contribution < -0.4 is 9.64 Å². The van der Waals surface area contributed by atoms with Crippen molar-refractivity contribution in [3.05, 3.63) is 70.8 Å². The Morgan fingerprint density at radius 2 is 2.09 bits per heavy atom. The number of hydrogen-bond donors (Lipinski definition) is 2. The lowest BCUT2D eigenvalue weighted by atomic mass is 9.68. The Morgan fingerprint density at radius 1 is 1.26 bits per heavy atom. The molecule has 2 aliphatic carbocycles. The van der Waals surface area contributed by atoms with E-state index in [4.69, 9.17) is 16.3 Å². The predicted octanol–water partition coefficient (Wildman–Crippen LogP) is 5.47. The van der Waals surface area contributed by atoms with Crippen LogP contribution in [0.4, 0.5) is 5.69 Å². The Kier molecular flexibility index (Phi) is 6.34. The second-order valence-electron chi connectivity index (χ2n) is 10.2. The molecule has 2 aromatic carbocycles. The summed E-state index contributed by atoms with van der Waals surface area (Å²) in [7, 11) is 0. The van der Waals surface area contributed by atoms with Crippen LogP contribution in [0.15, 0.2) is 49.1 Å². The van der Waals surface area contributed by atoms with Crippen molar-refractivity contribution in [1.29, 1.82) is 0 Å². The summed E-state index contributed by atoms with van der Waals surface area (Å²) in [6, 6.07) is 11.4. The molecule has 0 aromatic heterocycles. The molecule has 4 atom stereocenters. The molecule has 0 bridgehead atoms. The third-order valence-corrected chi connectivity index (χ3v) is 8.37. The fourth-order valence-corrected chi connectivity index (χ4v) is 6.32. The van der Waals surface area contributed by atoms with Crippen LogP contribution in [0.1, 0.15) is 53.6 Å². The normalized spacial score (nSPS) is 26.5. The first-order chi connectivity index (χ1) is 16.4. The number of carboxylic acids is 1. The molecule has 3 aliphatic rings. The fraction of sp³-hybridized carbons (Fsp3) is 0.464. The molecule has 0 radical (unpaired) electrons. The number of benzene rings is 2. The topological polar surface area (TPSA) is 70.0 Å². The Balaban J connectivity index is 1.51. The smallest absolute Gasteiger partial charge is 0.335 e. The van der Waals surface area contributed by atoms with Gasteiger partial charge in [0, 0.05) is 23.5 Å². The summed E-state index contributed by atoms with van der Waals surface area (Å²) in [5, 5.41) is 20.5. The minimum atomic E-state index is -0.935. The first kappa shape index (κ1) is 23.3. The number of aliphatic hydroxyl groups excluding tert-OH is 1. The SMILES string of the molecule is C=C[C@H](O)C[C@@H]1CC[C@H]1CN1C[C@@]2(CCCc3cc(Cl)ccc32)COc2ccc(C(=O)O)cc21. The lowest BCUT2D eigenvalue weighted by Gasteiger charge is -2.45. The highest BCUT2D eigenvalue weighted by Crippen LogP contribution is 2.46. The molecule has 1 fully saturated rings. The number of anilines is 1. The van der Waals surface area contributed by atoms with Gasteiger partial charge in [-0.25, -0.2) is 4.79 Å².